The first-order valence-electron chi connectivity index (χ1n) is 9.11. The van der Waals surface area contributed by atoms with Crippen molar-refractivity contribution in [3.63, 3.8) is 0 Å². The van der Waals surface area contributed by atoms with Crippen molar-refractivity contribution in [1.29, 1.82) is 5.26 Å². The van der Waals surface area contributed by atoms with Crippen LogP contribution >= 0.6 is 11.3 Å². The summed E-state index contributed by atoms with van der Waals surface area (Å²) in [5.74, 6) is -1.27. The summed E-state index contributed by atoms with van der Waals surface area (Å²) in [5.41, 5.74) is 2.09. The Balaban J connectivity index is 1.46. The highest BCUT2D eigenvalue weighted by atomic mass is 32.1. The topological polar surface area (TPSA) is 120 Å². The average Bonchev–Trinajstić information content (AvgIpc) is 3.27. The minimum Gasteiger partial charge on any atom is -0.454 e. The summed E-state index contributed by atoms with van der Waals surface area (Å²) in [6.07, 6.45) is 2.77. The molecule has 0 bridgehead atoms. The van der Waals surface area contributed by atoms with Gasteiger partial charge in [0.25, 0.3) is 5.91 Å². The van der Waals surface area contributed by atoms with E-state index in [1.165, 1.54) is 18.3 Å². The zero-order valence-electron chi connectivity index (χ0n) is 15.8. The number of amides is 3. The summed E-state index contributed by atoms with van der Waals surface area (Å²) in [7, 11) is 0. The summed E-state index contributed by atoms with van der Waals surface area (Å²) in [6, 6.07) is 9.42. The van der Waals surface area contributed by atoms with Crippen molar-refractivity contribution >= 4 is 39.9 Å². The van der Waals surface area contributed by atoms with E-state index in [9.17, 15) is 19.6 Å². The summed E-state index contributed by atoms with van der Waals surface area (Å²) in [4.78, 5) is 37.2. The Labute approximate surface area is 171 Å². The fraction of sp³-hybridized carbons (Fsp3) is 0.300. The molecule has 1 aliphatic rings. The number of rotatable bonds is 6. The van der Waals surface area contributed by atoms with Gasteiger partial charge >= 0.3 is 12.0 Å². The molecule has 1 aromatic heterocycles. The number of nitrogens with zero attached hydrogens (tertiary/aromatic N) is 1. The highest BCUT2D eigenvalue weighted by molar-refractivity contribution is 7.16. The number of urea groups is 1. The summed E-state index contributed by atoms with van der Waals surface area (Å²) in [5, 5.41) is 17.5. The van der Waals surface area contributed by atoms with Crippen molar-refractivity contribution < 1.29 is 19.1 Å². The van der Waals surface area contributed by atoms with Gasteiger partial charge in [0.2, 0.25) is 0 Å². The van der Waals surface area contributed by atoms with E-state index in [2.05, 4.69) is 22.0 Å². The molecule has 1 atom stereocenters. The number of carbonyl (C=O) groups excluding carboxylic acids is 3. The van der Waals surface area contributed by atoms with Crippen LogP contribution in [-0.4, -0.2) is 30.6 Å². The van der Waals surface area contributed by atoms with Crippen LogP contribution in [0.3, 0.4) is 0 Å². The molecule has 150 valence electrons. The quantitative estimate of drug-likeness (QED) is 0.630. The number of nitriles is 1. The van der Waals surface area contributed by atoms with E-state index in [-0.39, 0.29) is 0 Å². The zero-order valence-corrected chi connectivity index (χ0v) is 16.6. The van der Waals surface area contributed by atoms with Gasteiger partial charge < -0.3 is 20.7 Å². The van der Waals surface area contributed by atoms with Crippen LogP contribution in [0.25, 0.3) is 0 Å². The molecule has 9 heteroatoms. The molecule has 0 unspecified atom stereocenters. The highest BCUT2D eigenvalue weighted by Crippen LogP contribution is 2.38. The Morgan fingerprint density at radius 1 is 1.21 bits per heavy atom. The normalized spacial score (nSPS) is 13.0. The molecule has 2 aromatic rings. The zero-order chi connectivity index (χ0) is 20.8. The maximum absolute atomic E-state index is 12.1. The van der Waals surface area contributed by atoms with Gasteiger partial charge in [0, 0.05) is 10.6 Å². The fourth-order valence-electron chi connectivity index (χ4n) is 2.98. The van der Waals surface area contributed by atoms with Crippen LogP contribution in [0, 0.1) is 11.3 Å². The first-order chi connectivity index (χ1) is 14.0. The van der Waals surface area contributed by atoms with Crippen LogP contribution in [0.4, 0.5) is 15.5 Å². The third kappa shape index (κ3) is 5.12. The molecule has 8 nitrogen and oxygen atoms in total. The van der Waals surface area contributed by atoms with Crippen molar-refractivity contribution in [3.05, 3.63) is 46.3 Å². The van der Waals surface area contributed by atoms with Crippen LogP contribution in [0.5, 0.6) is 0 Å². The maximum Gasteiger partial charge on any atom is 0.328 e. The fourth-order valence-corrected chi connectivity index (χ4v) is 4.24. The molecule has 0 aliphatic heterocycles. The molecule has 1 aliphatic carbocycles. The van der Waals surface area contributed by atoms with Crippen molar-refractivity contribution in [2.45, 2.75) is 32.2 Å². The lowest BCUT2D eigenvalue weighted by Crippen LogP contribution is -2.42. The molecular weight excluding hydrogens is 392 g/mol. The van der Waals surface area contributed by atoms with Crippen LogP contribution < -0.4 is 16.0 Å². The van der Waals surface area contributed by atoms with Crippen LogP contribution in [0.1, 0.15) is 29.3 Å². The Morgan fingerprint density at radius 3 is 2.69 bits per heavy atom. The van der Waals surface area contributed by atoms with E-state index in [1.54, 1.807) is 24.3 Å². The minimum atomic E-state index is -0.938. The monoisotopic (exact) mass is 412 g/mol. The van der Waals surface area contributed by atoms with E-state index in [0.717, 1.165) is 29.7 Å². The number of ether oxygens (including phenoxy) is 1. The standard InChI is InChI=1S/C20H20N4O4S/c1-12(22-20(27)23-13-6-3-2-4-7-13)19(26)28-11-17(25)24-18-15(10-21)14-8-5-9-16(14)29-18/h2-4,6-7,12H,5,8-9,11H2,1H3,(H,24,25)(H2,22,23,27)/t12-/m0/s1. The van der Waals surface area contributed by atoms with Gasteiger partial charge in [-0.25, -0.2) is 9.59 Å². The van der Waals surface area contributed by atoms with Crippen molar-refractivity contribution in [2.75, 3.05) is 17.2 Å². The van der Waals surface area contributed by atoms with Crippen LogP contribution in [-0.2, 0) is 27.2 Å². The second kappa shape index (κ2) is 9.21. The lowest BCUT2D eigenvalue weighted by atomic mass is 10.1. The lowest BCUT2D eigenvalue weighted by Gasteiger charge is -2.14. The first kappa shape index (κ1) is 20.4. The molecule has 29 heavy (non-hydrogen) atoms. The van der Waals surface area contributed by atoms with E-state index < -0.39 is 30.6 Å². The molecule has 0 radical (unpaired) electrons. The second-order valence-electron chi connectivity index (χ2n) is 6.52. The van der Waals surface area contributed by atoms with E-state index in [4.69, 9.17) is 4.74 Å². The smallest absolute Gasteiger partial charge is 0.328 e. The van der Waals surface area contributed by atoms with Gasteiger partial charge in [0.15, 0.2) is 6.61 Å². The number of para-hydroxylation sites is 1. The number of benzene rings is 1. The molecular formula is C20H20N4O4S. The van der Waals surface area contributed by atoms with Crippen LogP contribution in [0.15, 0.2) is 30.3 Å². The van der Waals surface area contributed by atoms with Crippen molar-refractivity contribution in [3.8, 4) is 6.07 Å². The number of nitrogens with one attached hydrogen (secondary N) is 3. The molecule has 1 heterocycles. The van der Waals surface area contributed by atoms with Gasteiger partial charge in [-0.05, 0) is 43.9 Å². The summed E-state index contributed by atoms with van der Waals surface area (Å²) < 4.78 is 4.97. The Morgan fingerprint density at radius 2 is 1.97 bits per heavy atom. The number of hydrogen-bond acceptors (Lipinski definition) is 6. The SMILES string of the molecule is C[C@H](NC(=O)Nc1ccccc1)C(=O)OCC(=O)Nc1sc2c(c1C#N)CCC2. The molecule has 3 amide bonds. The molecule has 0 saturated heterocycles. The highest BCUT2D eigenvalue weighted by Gasteiger charge is 2.24. The van der Waals surface area contributed by atoms with Crippen molar-refractivity contribution in [2.24, 2.45) is 0 Å². The number of aryl methyl sites for hydroxylation is 1. The van der Waals surface area contributed by atoms with Gasteiger partial charge in [-0.1, -0.05) is 18.2 Å². The Hall–Kier alpha value is -3.38. The predicted octanol–water partition coefficient (Wildman–Crippen LogP) is 2.80. The molecule has 1 aromatic carbocycles. The van der Waals surface area contributed by atoms with Gasteiger partial charge in [-0.2, -0.15) is 5.26 Å². The van der Waals surface area contributed by atoms with E-state index in [0.29, 0.717) is 16.3 Å². The largest absolute Gasteiger partial charge is 0.454 e. The number of fused-ring (bicyclic) bond motifs is 1. The first-order valence-corrected chi connectivity index (χ1v) is 9.93. The number of anilines is 2. The summed E-state index contributed by atoms with van der Waals surface area (Å²) in [6.45, 7) is 0.959. The third-order valence-corrected chi connectivity index (χ3v) is 5.57. The maximum atomic E-state index is 12.1. The van der Waals surface area contributed by atoms with Crippen LogP contribution in [0.2, 0.25) is 0 Å². The Kier molecular flexibility index (Phi) is 6.46. The predicted molar refractivity (Wildman–Crippen MR) is 109 cm³/mol. The minimum absolute atomic E-state index is 0.492. The number of thiophene rings is 1. The number of carbonyl (C=O) groups is 3. The molecule has 0 spiro atoms. The van der Waals surface area contributed by atoms with Crippen molar-refractivity contribution in [1.82, 2.24) is 5.32 Å². The molecule has 3 N–H and O–H groups in total. The molecule has 3 rings (SSSR count). The van der Waals surface area contributed by atoms with Gasteiger partial charge in [0.05, 0.1) is 5.56 Å². The second-order valence-corrected chi connectivity index (χ2v) is 7.62. The molecule has 0 fully saturated rings. The van der Waals surface area contributed by atoms with Gasteiger partial charge in [-0.15, -0.1) is 11.3 Å². The lowest BCUT2D eigenvalue weighted by molar-refractivity contribution is -0.148. The van der Waals surface area contributed by atoms with E-state index in [1.807, 2.05) is 6.07 Å². The summed E-state index contributed by atoms with van der Waals surface area (Å²) >= 11 is 1.39. The van der Waals surface area contributed by atoms with Gasteiger partial charge in [0.1, 0.15) is 17.1 Å². The number of esters is 1. The van der Waals surface area contributed by atoms with E-state index >= 15 is 0 Å². The number of hydrogen-bond donors (Lipinski definition) is 3. The van der Waals surface area contributed by atoms with Gasteiger partial charge in [-0.3, -0.25) is 4.79 Å². The average molecular weight is 412 g/mol. The Bertz CT molecular complexity index is 965. The third-order valence-electron chi connectivity index (χ3n) is 4.36. The molecule has 0 saturated carbocycles.